The van der Waals surface area contributed by atoms with Gasteiger partial charge in [0.25, 0.3) is 0 Å². The van der Waals surface area contributed by atoms with Gasteiger partial charge in [0.05, 0.1) is 0 Å². The van der Waals surface area contributed by atoms with Crippen molar-refractivity contribution >= 4 is 25.2 Å². The van der Waals surface area contributed by atoms with Crippen LogP contribution in [0.1, 0.15) is 64.7 Å². The van der Waals surface area contributed by atoms with Crippen LogP contribution in [0.25, 0.3) is 0 Å². The van der Waals surface area contributed by atoms with E-state index in [1.165, 1.54) is 49.4 Å². The summed E-state index contributed by atoms with van der Waals surface area (Å²) < 4.78 is 1.34. The number of hydrogen-bond donors (Lipinski definition) is 0. The van der Waals surface area contributed by atoms with Gasteiger partial charge in [0.2, 0.25) is 0 Å². The number of Topliss-reactive ketones (excluding diaryl/α,β-unsaturated/α-hetero) is 1. The Balaban J connectivity index is 1.93. The van der Waals surface area contributed by atoms with Gasteiger partial charge in [0.15, 0.2) is 0 Å². The van der Waals surface area contributed by atoms with Crippen molar-refractivity contribution < 1.29 is 4.79 Å². The van der Waals surface area contributed by atoms with Crippen LogP contribution >= 0.6 is 0 Å². The molecule has 0 aliphatic rings. The van der Waals surface area contributed by atoms with E-state index in [0.717, 1.165) is 18.2 Å². The molecule has 0 aliphatic carbocycles. The van der Waals surface area contributed by atoms with Crippen LogP contribution in [0.5, 0.6) is 0 Å². The van der Waals surface area contributed by atoms with E-state index in [0.29, 0.717) is 20.7 Å². The first-order chi connectivity index (χ1) is 9.83. The van der Waals surface area contributed by atoms with Gasteiger partial charge < -0.3 is 0 Å². The first-order valence-electron chi connectivity index (χ1n) is 8.02. The standard InChI is InChI=1S/C18H28OSe/c1-2-3-4-5-6-7-8-10-13-17(19)16-20-18-14-11-9-12-15-18/h9,11-12,14-15H,2-8,10,13,16H2,1H3. The van der Waals surface area contributed by atoms with Crippen molar-refractivity contribution in [2.24, 2.45) is 0 Å². The number of ketones is 1. The molecule has 0 aliphatic heterocycles. The third-order valence-electron chi connectivity index (χ3n) is 3.45. The topological polar surface area (TPSA) is 17.1 Å². The van der Waals surface area contributed by atoms with Gasteiger partial charge in [-0.15, -0.1) is 0 Å². The quantitative estimate of drug-likeness (QED) is 0.404. The fourth-order valence-corrected chi connectivity index (χ4v) is 3.93. The Morgan fingerprint density at radius 2 is 1.50 bits per heavy atom. The summed E-state index contributed by atoms with van der Waals surface area (Å²) in [6.45, 7) is 2.25. The van der Waals surface area contributed by atoms with Gasteiger partial charge in [0.1, 0.15) is 0 Å². The second-order valence-electron chi connectivity index (χ2n) is 5.37. The molecule has 0 saturated carbocycles. The molecule has 0 radical (unpaired) electrons. The Morgan fingerprint density at radius 1 is 0.900 bits per heavy atom. The summed E-state index contributed by atoms with van der Waals surface area (Å²) in [5.41, 5.74) is 0. The zero-order valence-corrected chi connectivity index (χ0v) is 14.5. The fraction of sp³-hybridized carbons (Fsp3) is 0.611. The van der Waals surface area contributed by atoms with Crippen LogP contribution in [-0.4, -0.2) is 20.7 Å². The number of carbonyl (C=O) groups excluding carboxylic acids is 1. The molecule has 0 amide bonds. The molecule has 0 N–H and O–H groups in total. The molecule has 0 aromatic heterocycles. The molecule has 0 fully saturated rings. The minimum absolute atomic E-state index is 0.332. The van der Waals surface area contributed by atoms with Crippen molar-refractivity contribution in [1.29, 1.82) is 0 Å². The first kappa shape index (κ1) is 17.5. The zero-order chi connectivity index (χ0) is 14.5. The van der Waals surface area contributed by atoms with Gasteiger partial charge in [-0.25, -0.2) is 0 Å². The second-order valence-corrected chi connectivity index (χ2v) is 7.57. The Labute approximate surface area is 130 Å². The van der Waals surface area contributed by atoms with Crippen molar-refractivity contribution in [3.8, 4) is 0 Å². The van der Waals surface area contributed by atoms with E-state index in [2.05, 4.69) is 31.2 Å². The van der Waals surface area contributed by atoms with Crippen molar-refractivity contribution in [2.45, 2.75) is 70.0 Å². The Morgan fingerprint density at radius 3 is 2.15 bits per heavy atom. The molecular formula is C18H28OSe. The first-order valence-corrected chi connectivity index (χ1v) is 10.1. The number of rotatable bonds is 12. The molecule has 1 nitrogen and oxygen atoms in total. The third kappa shape index (κ3) is 9.33. The summed E-state index contributed by atoms with van der Waals surface area (Å²) in [5, 5.41) is 0.771. The van der Waals surface area contributed by atoms with Crippen molar-refractivity contribution in [3.05, 3.63) is 30.3 Å². The van der Waals surface area contributed by atoms with E-state index in [1.807, 2.05) is 6.07 Å². The third-order valence-corrected chi connectivity index (χ3v) is 5.70. The molecule has 0 atom stereocenters. The van der Waals surface area contributed by atoms with Crippen LogP contribution in [0.2, 0.25) is 5.32 Å². The minimum atomic E-state index is 0.332. The van der Waals surface area contributed by atoms with Gasteiger partial charge in [-0.1, -0.05) is 0 Å². The molecule has 1 aromatic rings. The summed E-state index contributed by atoms with van der Waals surface area (Å²) in [6.07, 6.45) is 11.2. The molecule has 0 unspecified atom stereocenters. The maximum atomic E-state index is 11.8. The summed E-state index contributed by atoms with van der Waals surface area (Å²) >= 11 is 0.332. The molecule has 20 heavy (non-hydrogen) atoms. The molecule has 2 heteroatoms. The zero-order valence-electron chi connectivity index (χ0n) is 12.8. The molecule has 1 rings (SSSR count). The van der Waals surface area contributed by atoms with Gasteiger partial charge in [-0.2, -0.15) is 0 Å². The average molecular weight is 339 g/mol. The molecule has 0 bridgehead atoms. The van der Waals surface area contributed by atoms with E-state index in [9.17, 15) is 4.79 Å². The number of hydrogen-bond acceptors (Lipinski definition) is 1. The van der Waals surface area contributed by atoms with Crippen molar-refractivity contribution in [1.82, 2.24) is 0 Å². The molecule has 112 valence electrons. The van der Waals surface area contributed by atoms with Crippen LogP contribution in [0.15, 0.2) is 30.3 Å². The van der Waals surface area contributed by atoms with Crippen LogP contribution in [0, 0.1) is 0 Å². The summed E-state index contributed by atoms with van der Waals surface area (Å²) in [6, 6.07) is 10.4. The summed E-state index contributed by atoms with van der Waals surface area (Å²) in [7, 11) is 0. The van der Waals surface area contributed by atoms with E-state index in [-0.39, 0.29) is 0 Å². The van der Waals surface area contributed by atoms with Crippen LogP contribution < -0.4 is 4.46 Å². The predicted octanol–water partition coefficient (Wildman–Crippen LogP) is 4.53. The molecular weight excluding hydrogens is 311 g/mol. The Hall–Kier alpha value is -0.591. The molecule has 0 saturated heterocycles. The van der Waals surface area contributed by atoms with Crippen LogP contribution in [0.3, 0.4) is 0 Å². The number of unbranched alkanes of at least 4 members (excludes halogenated alkanes) is 7. The average Bonchev–Trinajstić information content (AvgIpc) is 2.49. The van der Waals surface area contributed by atoms with Gasteiger partial charge in [0, 0.05) is 0 Å². The number of benzene rings is 1. The van der Waals surface area contributed by atoms with Crippen molar-refractivity contribution in [2.75, 3.05) is 0 Å². The SMILES string of the molecule is CCCCCCCCCCC(=O)C[Se]c1ccccc1. The van der Waals surface area contributed by atoms with E-state index >= 15 is 0 Å². The maximum absolute atomic E-state index is 11.8. The normalized spacial score (nSPS) is 10.7. The van der Waals surface area contributed by atoms with E-state index in [4.69, 9.17) is 0 Å². The van der Waals surface area contributed by atoms with Gasteiger partial charge >= 0.3 is 130 Å². The fourth-order valence-electron chi connectivity index (χ4n) is 2.21. The van der Waals surface area contributed by atoms with E-state index < -0.39 is 0 Å². The predicted molar refractivity (Wildman–Crippen MR) is 88.9 cm³/mol. The monoisotopic (exact) mass is 340 g/mol. The Bertz CT molecular complexity index is 348. The summed E-state index contributed by atoms with van der Waals surface area (Å²) in [5.74, 6) is 0.458. The molecule has 1 aromatic carbocycles. The van der Waals surface area contributed by atoms with Crippen molar-refractivity contribution in [3.63, 3.8) is 0 Å². The second kappa shape index (κ2) is 12.2. The Kier molecular flexibility index (Phi) is 10.6. The molecule has 0 spiro atoms. The van der Waals surface area contributed by atoms with Gasteiger partial charge in [-0.3, -0.25) is 0 Å². The molecule has 0 heterocycles. The summed E-state index contributed by atoms with van der Waals surface area (Å²) in [4.78, 5) is 11.8. The van der Waals surface area contributed by atoms with Crippen LogP contribution in [0.4, 0.5) is 0 Å². The van der Waals surface area contributed by atoms with Crippen LogP contribution in [-0.2, 0) is 4.79 Å². The van der Waals surface area contributed by atoms with E-state index in [1.54, 1.807) is 0 Å². The number of carbonyl (C=O) groups is 1. The van der Waals surface area contributed by atoms with Gasteiger partial charge in [-0.05, 0) is 0 Å².